The van der Waals surface area contributed by atoms with E-state index in [-0.39, 0.29) is 5.91 Å². The molecule has 1 amide bonds. The zero-order chi connectivity index (χ0) is 18.2. The molecule has 2 aromatic heterocycles. The number of benzene rings is 1. The molecule has 1 aromatic carbocycles. The first-order chi connectivity index (χ1) is 12.8. The zero-order valence-corrected chi connectivity index (χ0v) is 14.5. The second-order valence-corrected chi connectivity index (χ2v) is 5.64. The third-order valence-electron chi connectivity index (χ3n) is 3.88. The number of hydrogen-bond donors (Lipinski definition) is 2. The Labute approximate surface area is 152 Å². The Kier molecular flexibility index (Phi) is 5.77. The molecule has 3 rings (SSSR count). The Morgan fingerprint density at radius 3 is 2.58 bits per heavy atom. The summed E-state index contributed by atoms with van der Waals surface area (Å²) in [4.78, 5) is 20.4. The van der Waals surface area contributed by atoms with Crippen LogP contribution < -0.4 is 15.4 Å². The molecule has 0 fully saturated rings. The molecular formula is C20H20N4O2. The first kappa shape index (κ1) is 17.4. The lowest BCUT2D eigenvalue weighted by Crippen LogP contribution is -2.22. The van der Waals surface area contributed by atoms with Crippen molar-refractivity contribution in [2.45, 2.75) is 13.1 Å². The van der Waals surface area contributed by atoms with Crippen molar-refractivity contribution in [3.63, 3.8) is 0 Å². The van der Waals surface area contributed by atoms with E-state index in [0.717, 1.165) is 16.9 Å². The van der Waals surface area contributed by atoms with Crippen LogP contribution in [0.5, 0.6) is 5.75 Å². The summed E-state index contributed by atoms with van der Waals surface area (Å²) in [5.41, 5.74) is 2.55. The van der Waals surface area contributed by atoms with Crippen molar-refractivity contribution >= 4 is 11.7 Å². The number of carbonyl (C=O) groups is 1. The summed E-state index contributed by atoms with van der Waals surface area (Å²) in [6.45, 7) is 1.04. The first-order valence-corrected chi connectivity index (χ1v) is 8.25. The van der Waals surface area contributed by atoms with Crippen LogP contribution in [0.25, 0.3) is 0 Å². The van der Waals surface area contributed by atoms with Crippen molar-refractivity contribution in [1.29, 1.82) is 0 Å². The highest BCUT2D eigenvalue weighted by atomic mass is 16.5. The molecule has 0 aliphatic heterocycles. The molecule has 0 unspecified atom stereocenters. The van der Waals surface area contributed by atoms with Gasteiger partial charge in [-0.25, -0.2) is 4.98 Å². The molecule has 26 heavy (non-hydrogen) atoms. The number of para-hydroxylation sites is 1. The Hall–Kier alpha value is -3.41. The van der Waals surface area contributed by atoms with Gasteiger partial charge in [-0.15, -0.1) is 0 Å². The topological polar surface area (TPSA) is 76.1 Å². The number of rotatable bonds is 7. The number of anilines is 1. The molecular weight excluding hydrogens is 328 g/mol. The van der Waals surface area contributed by atoms with Gasteiger partial charge in [0.2, 0.25) is 0 Å². The summed E-state index contributed by atoms with van der Waals surface area (Å²) < 4.78 is 5.33. The summed E-state index contributed by atoms with van der Waals surface area (Å²) >= 11 is 0. The third-order valence-corrected chi connectivity index (χ3v) is 3.88. The van der Waals surface area contributed by atoms with Crippen molar-refractivity contribution in [2.75, 3.05) is 12.4 Å². The SMILES string of the molecule is COc1ccccc1CNc1ccc(C(=O)NCc2ccncc2)cn1. The van der Waals surface area contributed by atoms with Gasteiger partial charge in [0.25, 0.3) is 5.91 Å². The minimum absolute atomic E-state index is 0.161. The molecule has 132 valence electrons. The number of aromatic nitrogens is 2. The van der Waals surface area contributed by atoms with Crippen LogP contribution >= 0.6 is 0 Å². The van der Waals surface area contributed by atoms with E-state index in [1.807, 2.05) is 36.4 Å². The third kappa shape index (κ3) is 4.57. The lowest BCUT2D eigenvalue weighted by molar-refractivity contribution is 0.0950. The number of pyridine rings is 2. The van der Waals surface area contributed by atoms with Crippen molar-refractivity contribution in [3.05, 3.63) is 83.8 Å². The Bertz CT molecular complexity index is 851. The fourth-order valence-electron chi connectivity index (χ4n) is 2.45. The molecule has 0 radical (unpaired) electrons. The summed E-state index contributed by atoms with van der Waals surface area (Å²) in [5.74, 6) is 1.36. The smallest absolute Gasteiger partial charge is 0.253 e. The highest BCUT2D eigenvalue weighted by Gasteiger charge is 2.07. The number of carbonyl (C=O) groups excluding carboxylic acids is 1. The highest BCUT2D eigenvalue weighted by molar-refractivity contribution is 5.94. The highest BCUT2D eigenvalue weighted by Crippen LogP contribution is 2.18. The van der Waals surface area contributed by atoms with Gasteiger partial charge < -0.3 is 15.4 Å². The number of amides is 1. The van der Waals surface area contributed by atoms with Crippen LogP contribution in [0.4, 0.5) is 5.82 Å². The number of nitrogens with one attached hydrogen (secondary N) is 2. The quantitative estimate of drug-likeness (QED) is 0.686. The normalized spacial score (nSPS) is 10.2. The van der Waals surface area contributed by atoms with Crippen LogP contribution in [-0.4, -0.2) is 23.0 Å². The maximum Gasteiger partial charge on any atom is 0.253 e. The standard InChI is InChI=1S/C20H20N4O2/c1-26-18-5-3-2-4-16(18)13-22-19-7-6-17(14-23-19)20(25)24-12-15-8-10-21-11-9-15/h2-11,14H,12-13H2,1H3,(H,22,23)(H,24,25). The van der Waals surface area contributed by atoms with Gasteiger partial charge in [-0.3, -0.25) is 9.78 Å². The fraction of sp³-hybridized carbons (Fsp3) is 0.150. The predicted molar refractivity (Wildman–Crippen MR) is 100.0 cm³/mol. The molecule has 0 spiro atoms. The number of methoxy groups -OCH3 is 1. The van der Waals surface area contributed by atoms with E-state index in [0.29, 0.717) is 24.5 Å². The summed E-state index contributed by atoms with van der Waals surface area (Å²) in [7, 11) is 1.65. The van der Waals surface area contributed by atoms with Gasteiger partial charge in [0.15, 0.2) is 0 Å². The average molecular weight is 348 g/mol. The Morgan fingerprint density at radius 1 is 1.04 bits per heavy atom. The molecule has 0 aliphatic carbocycles. The van der Waals surface area contributed by atoms with Gasteiger partial charge in [-0.1, -0.05) is 18.2 Å². The lowest BCUT2D eigenvalue weighted by Gasteiger charge is -2.10. The van der Waals surface area contributed by atoms with E-state index in [2.05, 4.69) is 20.6 Å². The first-order valence-electron chi connectivity index (χ1n) is 8.25. The summed E-state index contributed by atoms with van der Waals surface area (Å²) in [6.07, 6.45) is 4.96. The molecule has 0 atom stereocenters. The van der Waals surface area contributed by atoms with Crippen LogP contribution in [0, 0.1) is 0 Å². The second-order valence-electron chi connectivity index (χ2n) is 5.64. The molecule has 0 saturated carbocycles. The summed E-state index contributed by atoms with van der Waals surface area (Å²) in [5, 5.41) is 6.09. The Balaban J connectivity index is 1.55. The minimum atomic E-state index is -0.161. The van der Waals surface area contributed by atoms with Crippen LogP contribution in [0.2, 0.25) is 0 Å². The van der Waals surface area contributed by atoms with Crippen molar-refractivity contribution in [3.8, 4) is 5.75 Å². The molecule has 0 aliphatic rings. The molecule has 6 nitrogen and oxygen atoms in total. The maximum atomic E-state index is 12.2. The van der Waals surface area contributed by atoms with Gasteiger partial charge >= 0.3 is 0 Å². The maximum absolute atomic E-state index is 12.2. The monoisotopic (exact) mass is 348 g/mol. The van der Waals surface area contributed by atoms with E-state index < -0.39 is 0 Å². The molecule has 3 aromatic rings. The van der Waals surface area contributed by atoms with Crippen molar-refractivity contribution in [2.24, 2.45) is 0 Å². The Morgan fingerprint density at radius 2 is 1.85 bits per heavy atom. The number of hydrogen-bond acceptors (Lipinski definition) is 5. The van der Waals surface area contributed by atoms with Gasteiger partial charge in [0, 0.05) is 37.2 Å². The molecule has 0 saturated heterocycles. The van der Waals surface area contributed by atoms with E-state index in [4.69, 9.17) is 4.74 Å². The van der Waals surface area contributed by atoms with Crippen LogP contribution in [-0.2, 0) is 13.1 Å². The zero-order valence-electron chi connectivity index (χ0n) is 14.5. The van der Waals surface area contributed by atoms with Gasteiger partial charge in [-0.05, 0) is 35.9 Å². The van der Waals surface area contributed by atoms with E-state index >= 15 is 0 Å². The summed E-state index contributed by atoms with van der Waals surface area (Å²) in [6, 6.07) is 15.1. The van der Waals surface area contributed by atoms with Crippen LogP contribution in [0.3, 0.4) is 0 Å². The van der Waals surface area contributed by atoms with Crippen molar-refractivity contribution in [1.82, 2.24) is 15.3 Å². The molecule has 6 heteroatoms. The molecule has 2 heterocycles. The van der Waals surface area contributed by atoms with Gasteiger partial charge in [0.1, 0.15) is 11.6 Å². The van der Waals surface area contributed by atoms with Crippen molar-refractivity contribution < 1.29 is 9.53 Å². The second kappa shape index (κ2) is 8.62. The molecule has 2 N–H and O–H groups in total. The predicted octanol–water partition coefficient (Wildman–Crippen LogP) is 3.03. The lowest BCUT2D eigenvalue weighted by atomic mass is 10.2. The van der Waals surface area contributed by atoms with E-state index in [1.165, 1.54) is 0 Å². The van der Waals surface area contributed by atoms with Crippen LogP contribution in [0.15, 0.2) is 67.1 Å². The van der Waals surface area contributed by atoms with Gasteiger partial charge in [0.05, 0.1) is 12.7 Å². The number of nitrogens with zero attached hydrogens (tertiary/aromatic N) is 2. The largest absolute Gasteiger partial charge is 0.496 e. The molecule has 0 bridgehead atoms. The van der Waals surface area contributed by atoms with Gasteiger partial charge in [-0.2, -0.15) is 0 Å². The minimum Gasteiger partial charge on any atom is -0.496 e. The van der Waals surface area contributed by atoms with E-state index in [9.17, 15) is 4.79 Å². The van der Waals surface area contributed by atoms with Crippen LogP contribution in [0.1, 0.15) is 21.5 Å². The number of ether oxygens (including phenoxy) is 1. The fourth-order valence-corrected chi connectivity index (χ4v) is 2.45. The van der Waals surface area contributed by atoms with E-state index in [1.54, 1.807) is 37.8 Å². The average Bonchev–Trinajstić information content (AvgIpc) is 2.72.